The molecule has 2 N–H and O–H groups in total. The number of fused-ring (bicyclic) bond motifs is 1. The molecular weight excluding hydrogens is 192 g/mol. The molecule has 0 bridgehead atoms. The van der Waals surface area contributed by atoms with Crippen LogP contribution in [0.4, 0.5) is 0 Å². The molecule has 76 valence electrons. The van der Waals surface area contributed by atoms with Crippen LogP contribution < -0.4 is 0 Å². The highest BCUT2D eigenvalue weighted by Gasteiger charge is 2.18. The van der Waals surface area contributed by atoms with Crippen molar-refractivity contribution in [2.24, 2.45) is 0 Å². The molecule has 15 heavy (non-hydrogen) atoms. The van der Waals surface area contributed by atoms with Crippen molar-refractivity contribution in [1.82, 2.24) is 0 Å². The van der Waals surface area contributed by atoms with Crippen LogP contribution in [0.5, 0.6) is 0 Å². The Kier molecular flexibility index (Phi) is 2.39. The number of carboxylic acids is 1. The van der Waals surface area contributed by atoms with Gasteiger partial charge >= 0.3 is 5.97 Å². The second-order valence-corrected chi connectivity index (χ2v) is 3.33. The average molecular weight is 202 g/mol. The SMILES string of the molecule is O=C(O)C=CC1=CC(O)c2ccccc21. The third kappa shape index (κ3) is 1.82. The summed E-state index contributed by atoms with van der Waals surface area (Å²) in [5.41, 5.74) is 2.46. The van der Waals surface area contributed by atoms with Crippen molar-refractivity contribution in [3.8, 4) is 0 Å². The zero-order valence-electron chi connectivity index (χ0n) is 7.92. The minimum absolute atomic E-state index is 0.630. The van der Waals surface area contributed by atoms with Gasteiger partial charge in [0.05, 0.1) is 6.10 Å². The first-order valence-electron chi connectivity index (χ1n) is 4.58. The lowest BCUT2D eigenvalue weighted by atomic mass is 10.1. The van der Waals surface area contributed by atoms with E-state index >= 15 is 0 Å². The Morgan fingerprint density at radius 3 is 2.80 bits per heavy atom. The van der Waals surface area contributed by atoms with Gasteiger partial charge in [-0.3, -0.25) is 0 Å². The van der Waals surface area contributed by atoms with Gasteiger partial charge in [-0.1, -0.05) is 24.3 Å². The van der Waals surface area contributed by atoms with Crippen molar-refractivity contribution in [2.45, 2.75) is 6.10 Å². The molecule has 1 aliphatic rings. The van der Waals surface area contributed by atoms with Gasteiger partial charge in [-0.15, -0.1) is 0 Å². The zero-order chi connectivity index (χ0) is 10.8. The van der Waals surface area contributed by atoms with Gasteiger partial charge in [0.25, 0.3) is 0 Å². The van der Waals surface area contributed by atoms with Crippen molar-refractivity contribution in [2.75, 3.05) is 0 Å². The normalized spacial score (nSPS) is 19.0. The fourth-order valence-corrected chi connectivity index (χ4v) is 1.67. The number of allylic oxidation sites excluding steroid dienone is 2. The third-order valence-corrected chi connectivity index (χ3v) is 2.33. The molecule has 0 aromatic heterocycles. The molecule has 1 atom stereocenters. The summed E-state index contributed by atoms with van der Waals surface area (Å²) in [6, 6.07) is 7.40. The van der Waals surface area contributed by atoms with E-state index in [-0.39, 0.29) is 0 Å². The number of hydrogen-bond donors (Lipinski definition) is 2. The lowest BCUT2D eigenvalue weighted by Gasteiger charge is -2.02. The van der Waals surface area contributed by atoms with Crippen LogP contribution in [-0.2, 0) is 4.79 Å². The molecule has 3 nitrogen and oxygen atoms in total. The molecule has 0 spiro atoms. The Bertz CT molecular complexity index is 458. The minimum Gasteiger partial charge on any atom is -0.478 e. The highest BCUT2D eigenvalue weighted by Crippen LogP contribution is 2.34. The molecule has 1 unspecified atom stereocenters. The molecule has 0 aliphatic heterocycles. The summed E-state index contributed by atoms with van der Waals surface area (Å²) in [5, 5.41) is 18.2. The van der Waals surface area contributed by atoms with Gasteiger partial charge in [0.15, 0.2) is 0 Å². The molecule has 1 aromatic carbocycles. The number of aliphatic hydroxyl groups excluding tert-OH is 1. The first kappa shape index (κ1) is 9.68. The summed E-state index contributed by atoms with van der Waals surface area (Å²) in [7, 11) is 0. The standard InChI is InChI=1S/C12H10O3/c13-11-7-8(5-6-12(14)15)9-3-1-2-4-10(9)11/h1-7,11,13H,(H,14,15). The van der Waals surface area contributed by atoms with Gasteiger partial charge in [0.2, 0.25) is 0 Å². The molecule has 0 amide bonds. The Morgan fingerprint density at radius 2 is 2.07 bits per heavy atom. The molecule has 2 rings (SSSR count). The van der Waals surface area contributed by atoms with Crippen LogP contribution in [-0.4, -0.2) is 16.2 Å². The Hall–Kier alpha value is -1.87. The van der Waals surface area contributed by atoms with E-state index in [4.69, 9.17) is 5.11 Å². The van der Waals surface area contributed by atoms with Gasteiger partial charge in [0, 0.05) is 6.08 Å². The first-order valence-corrected chi connectivity index (χ1v) is 4.58. The second kappa shape index (κ2) is 3.71. The molecule has 0 heterocycles. The molecule has 0 saturated heterocycles. The first-order chi connectivity index (χ1) is 7.18. The summed E-state index contributed by atoms with van der Waals surface area (Å²) >= 11 is 0. The average Bonchev–Trinajstić information content (AvgIpc) is 2.54. The minimum atomic E-state index is -0.991. The quantitative estimate of drug-likeness (QED) is 0.718. The topological polar surface area (TPSA) is 57.5 Å². The predicted molar refractivity (Wildman–Crippen MR) is 56.2 cm³/mol. The molecule has 1 aliphatic carbocycles. The van der Waals surface area contributed by atoms with E-state index in [1.807, 2.05) is 24.3 Å². The Labute approximate surface area is 87.0 Å². The summed E-state index contributed by atoms with van der Waals surface area (Å²) in [6.45, 7) is 0. The summed E-state index contributed by atoms with van der Waals surface area (Å²) in [4.78, 5) is 10.4. The number of carbonyl (C=O) groups is 1. The molecule has 1 aromatic rings. The lowest BCUT2D eigenvalue weighted by Crippen LogP contribution is -1.89. The van der Waals surface area contributed by atoms with Crippen LogP contribution in [0.25, 0.3) is 5.57 Å². The summed E-state index contributed by atoms with van der Waals surface area (Å²) in [5.74, 6) is -0.991. The number of aliphatic hydroxyl groups is 1. The number of hydrogen-bond acceptors (Lipinski definition) is 2. The summed E-state index contributed by atoms with van der Waals surface area (Å²) in [6.07, 6.45) is 3.58. The van der Waals surface area contributed by atoms with Gasteiger partial charge in [-0.05, 0) is 28.9 Å². The molecule has 0 fully saturated rings. The van der Waals surface area contributed by atoms with Crippen LogP contribution in [0.3, 0.4) is 0 Å². The van der Waals surface area contributed by atoms with E-state index < -0.39 is 12.1 Å². The second-order valence-electron chi connectivity index (χ2n) is 3.33. The van der Waals surface area contributed by atoms with Crippen molar-refractivity contribution < 1.29 is 15.0 Å². The monoisotopic (exact) mass is 202 g/mol. The Morgan fingerprint density at radius 1 is 1.33 bits per heavy atom. The lowest BCUT2D eigenvalue weighted by molar-refractivity contribution is -0.131. The van der Waals surface area contributed by atoms with Crippen LogP contribution in [0.2, 0.25) is 0 Å². The van der Waals surface area contributed by atoms with E-state index in [0.29, 0.717) is 0 Å². The van der Waals surface area contributed by atoms with Crippen LogP contribution in [0.1, 0.15) is 17.2 Å². The van der Waals surface area contributed by atoms with Gasteiger partial charge in [-0.2, -0.15) is 0 Å². The Balaban J connectivity index is 2.37. The van der Waals surface area contributed by atoms with Gasteiger partial charge in [0.1, 0.15) is 0 Å². The number of benzene rings is 1. The number of carboxylic acid groups (broad SMARTS) is 1. The fourth-order valence-electron chi connectivity index (χ4n) is 1.67. The zero-order valence-corrected chi connectivity index (χ0v) is 7.92. The number of rotatable bonds is 2. The van der Waals surface area contributed by atoms with Crippen LogP contribution >= 0.6 is 0 Å². The van der Waals surface area contributed by atoms with Crippen LogP contribution in [0.15, 0.2) is 42.5 Å². The van der Waals surface area contributed by atoms with Crippen molar-refractivity contribution in [3.63, 3.8) is 0 Å². The fraction of sp³-hybridized carbons (Fsp3) is 0.0833. The maximum atomic E-state index is 10.4. The molecular formula is C12H10O3. The van der Waals surface area contributed by atoms with Crippen molar-refractivity contribution >= 4 is 11.5 Å². The van der Waals surface area contributed by atoms with Crippen molar-refractivity contribution in [3.05, 3.63) is 53.6 Å². The summed E-state index contributed by atoms with van der Waals surface area (Å²) < 4.78 is 0. The third-order valence-electron chi connectivity index (χ3n) is 2.33. The van der Waals surface area contributed by atoms with Crippen LogP contribution in [0, 0.1) is 0 Å². The van der Waals surface area contributed by atoms with E-state index in [1.165, 1.54) is 6.08 Å². The highest BCUT2D eigenvalue weighted by molar-refractivity contribution is 5.88. The highest BCUT2D eigenvalue weighted by atomic mass is 16.4. The van der Waals surface area contributed by atoms with E-state index in [0.717, 1.165) is 22.8 Å². The molecule has 0 radical (unpaired) electrons. The van der Waals surface area contributed by atoms with E-state index in [9.17, 15) is 9.90 Å². The maximum absolute atomic E-state index is 10.4. The van der Waals surface area contributed by atoms with E-state index in [2.05, 4.69) is 0 Å². The van der Waals surface area contributed by atoms with E-state index in [1.54, 1.807) is 6.08 Å². The number of aliphatic carboxylic acids is 1. The van der Waals surface area contributed by atoms with Gasteiger partial charge < -0.3 is 10.2 Å². The largest absolute Gasteiger partial charge is 0.478 e. The molecule has 0 saturated carbocycles. The predicted octanol–water partition coefficient (Wildman–Crippen LogP) is 1.76. The maximum Gasteiger partial charge on any atom is 0.328 e. The van der Waals surface area contributed by atoms with Crippen molar-refractivity contribution in [1.29, 1.82) is 0 Å². The molecule has 3 heteroatoms. The smallest absolute Gasteiger partial charge is 0.328 e. The van der Waals surface area contributed by atoms with Gasteiger partial charge in [-0.25, -0.2) is 4.79 Å².